The number of carbonyl (C=O) groups is 1. The van der Waals surface area contributed by atoms with Crippen molar-refractivity contribution in [3.63, 3.8) is 0 Å². The van der Waals surface area contributed by atoms with Crippen LogP contribution in [0.3, 0.4) is 0 Å². The van der Waals surface area contributed by atoms with Gasteiger partial charge in [-0.3, -0.25) is 4.79 Å². The lowest BCUT2D eigenvalue weighted by Crippen LogP contribution is -2.18. The number of ether oxygens (including phenoxy) is 2. The minimum Gasteiger partial charge on any atom is -0.497 e. The molecular weight excluding hydrogens is 260 g/mol. The number of furan rings is 1. The lowest BCUT2D eigenvalue weighted by atomic mass is 10.2. The Morgan fingerprint density at radius 1 is 1.30 bits per heavy atom. The lowest BCUT2D eigenvalue weighted by molar-refractivity contribution is 0.0952. The number of hydrazone groups is 1. The maximum atomic E-state index is 12.0. The molecule has 6 nitrogen and oxygen atoms in total. The SMILES string of the molecule is COc1ccc(C(=O)N/N=C\c2ccco2)c(OC)c1. The van der Waals surface area contributed by atoms with Gasteiger partial charge in [0.1, 0.15) is 17.3 Å². The second-order valence-corrected chi connectivity index (χ2v) is 3.78. The molecule has 0 radical (unpaired) electrons. The van der Waals surface area contributed by atoms with Crippen LogP contribution in [0.15, 0.2) is 46.1 Å². The molecule has 1 heterocycles. The van der Waals surface area contributed by atoms with Crippen molar-refractivity contribution in [1.29, 1.82) is 0 Å². The van der Waals surface area contributed by atoms with E-state index in [-0.39, 0.29) is 5.91 Å². The van der Waals surface area contributed by atoms with E-state index in [0.717, 1.165) is 0 Å². The number of hydrogen-bond donors (Lipinski definition) is 1. The second-order valence-electron chi connectivity index (χ2n) is 3.78. The van der Waals surface area contributed by atoms with Gasteiger partial charge in [0.25, 0.3) is 5.91 Å². The second kappa shape index (κ2) is 6.42. The highest BCUT2D eigenvalue weighted by Gasteiger charge is 2.12. The molecule has 0 aliphatic carbocycles. The zero-order valence-electron chi connectivity index (χ0n) is 11.1. The average molecular weight is 274 g/mol. The minimum atomic E-state index is -0.382. The fourth-order valence-corrected chi connectivity index (χ4v) is 1.57. The van der Waals surface area contributed by atoms with E-state index in [9.17, 15) is 4.79 Å². The van der Waals surface area contributed by atoms with Crippen LogP contribution in [0.2, 0.25) is 0 Å². The summed E-state index contributed by atoms with van der Waals surface area (Å²) in [4.78, 5) is 12.0. The highest BCUT2D eigenvalue weighted by atomic mass is 16.5. The molecule has 1 amide bonds. The number of benzene rings is 1. The molecule has 20 heavy (non-hydrogen) atoms. The predicted molar refractivity (Wildman–Crippen MR) is 73.3 cm³/mol. The first-order valence-electron chi connectivity index (χ1n) is 5.83. The molecule has 0 atom stereocenters. The largest absolute Gasteiger partial charge is 0.497 e. The van der Waals surface area contributed by atoms with E-state index in [1.165, 1.54) is 19.6 Å². The first-order valence-corrected chi connectivity index (χ1v) is 5.83. The van der Waals surface area contributed by atoms with Gasteiger partial charge in [-0.05, 0) is 24.3 Å². The van der Waals surface area contributed by atoms with Crippen molar-refractivity contribution >= 4 is 12.1 Å². The summed E-state index contributed by atoms with van der Waals surface area (Å²) >= 11 is 0. The van der Waals surface area contributed by atoms with E-state index in [0.29, 0.717) is 22.8 Å². The first-order chi connectivity index (χ1) is 9.74. The van der Waals surface area contributed by atoms with Crippen LogP contribution in [0.1, 0.15) is 16.1 Å². The van der Waals surface area contributed by atoms with E-state index < -0.39 is 0 Å². The summed E-state index contributed by atoms with van der Waals surface area (Å²) in [7, 11) is 3.03. The maximum absolute atomic E-state index is 12.0. The Morgan fingerprint density at radius 2 is 2.15 bits per heavy atom. The fourth-order valence-electron chi connectivity index (χ4n) is 1.57. The topological polar surface area (TPSA) is 73.1 Å². The lowest BCUT2D eigenvalue weighted by Gasteiger charge is -2.08. The number of rotatable bonds is 5. The van der Waals surface area contributed by atoms with Crippen molar-refractivity contribution in [3.8, 4) is 11.5 Å². The molecule has 0 bridgehead atoms. The third-order valence-electron chi connectivity index (χ3n) is 2.55. The minimum absolute atomic E-state index is 0.366. The predicted octanol–water partition coefficient (Wildman–Crippen LogP) is 2.06. The fraction of sp³-hybridized carbons (Fsp3) is 0.143. The van der Waals surface area contributed by atoms with Crippen LogP contribution in [0.25, 0.3) is 0 Å². The molecule has 0 fully saturated rings. The summed E-state index contributed by atoms with van der Waals surface area (Å²) in [6, 6.07) is 8.37. The van der Waals surface area contributed by atoms with Crippen LogP contribution < -0.4 is 14.9 Å². The van der Waals surface area contributed by atoms with E-state index in [1.54, 1.807) is 37.4 Å². The Morgan fingerprint density at radius 3 is 2.80 bits per heavy atom. The van der Waals surface area contributed by atoms with Gasteiger partial charge >= 0.3 is 0 Å². The quantitative estimate of drug-likeness (QED) is 0.669. The molecule has 6 heteroatoms. The molecule has 104 valence electrons. The number of hydrogen-bond acceptors (Lipinski definition) is 5. The third-order valence-corrected chi connectivity index (χ3v) is 2.55. The third kappa shape index (κ3) is 3.17. The molecular formula is C14H14N2O4. The molecule has 1 aromatic carbocycles. The Hall–Kier alpha value is -2.76. The molecule has 1 aromatic heterocycles. The smallest absolute Gasteiger partial charge is 0.275 e. The molecule has 2 aromatic rings. The molecule has 0 saturated heterocycles. The summed E-state index contributed by atoms with van der Waals surface area (Å²) in [6.45, 7) is 0. The van der Waals surface area contributed by atoms with Gasteiger partial charge in [-0.2, -0.15) is 5.10 Å². The molecule has 0 aliphatic rings. The van der Waals surface area contributed by atoms with Crippen molar-refractivity contribution in [2.75, 3.05) is 14.2 Å². The maximum Gasteiger partial charge on any atom is 0.275 e. The Balaban J connectivity index is 2.09. The first kappa shape index (κ1) is 13.7. The molecule has 0 aliphatic heterocycles. The van der Waals surface area contributed by atoms with Crippen molar-refractivity contribution in [3.05, 3.63) is 47.9 Å². The molecule has 0 unspecified atom stereocenters. The normalized spacial score (nSPS) is 10.5. The van der Waals surface area contributed by atoms with Gasteiger partial charge in [-0.15, -0.1) is 0 Å². The van der Waals surface area contributed by atoms with Gasteiger partial charge in [-0.25, -0.2) is 5.43 Å². The van der Waals surface area contributed by atoms with Gasteiger partial charge < -0.3 is 13.9 Å². The molecule has 0 saturated carbocycles. The van der Waals surface area contributed by atoms with Gasteiger partial charge in [0, 0.05) is 6.07 Å². The van der Waals surface area contributed by atoms with Crippen LogP contribution in [-0.2, 0) is 0 Å². The van der Waals surface area contributed by atoms with Gasteiger partial charge in [0.2, 0.25) is 0 Å². The van der Waals surface area contributed by atoms with Crippen LogP contribution in [0.5, 0.6) is 11.5 Å². The monoisotopic (exact) mass is 274 g/mol. The summed E-state index contributed by atoms with van der Waals surface area (Å²) in [5.74, 6) is 1.19. The van der Waals surface area contributed by atoms with Crippen molar-refractivity contribution in [2.24, 2.45) is 5.10 Å². The number of nitrogens with one attached hydrogen (secondary N) is 1. The van der Waals surface area contributed by atoms with Crippen LogP contribution >= 0.6 is 0 Å². The standard InChI is InChI=1S/C14H14N2O4/c1-18-10-5-6-12(13(8-10)19-2)14(17)16-15-9-11-4-3-7-20-11/h3-9H,1-2H3,(H,16,17)/b15-9-. The number of nitrogens with zero attached hydrogens (tertiary/aromatic N) is 1. The molecule has 1 N–H and O–H groups in total. The van der Waals surface area contributed by atoms with E-state index in [4.69, 9.17) is 13.9 Å². The van der Waals surface area contributed by atoms with Gasteiger partial charge in [0.05, 0.1) is 32.3 Å². The van der Waals surface area contributed by atoms with Gasteiger partial charge in [0.15, 0.2) is 0 Å². The van der Waals surface area contributed by atoms with E-state index >= 15 is 0 Å². The number of carbonyl (C=O) groups excluding carboxylic acids is 1. The van der Waals surface area contributed by atoms with Crippen molar-refractivity contribution < 1.29 is 18.7 Å². The van der Waals surface area contributed by atoms with Crippen LogP contribution in [-0.4, -0.2) is 26.3 Å². The van der Waals surface area contributed by atoms with Crippen molar-refractivity contribution in [1.82, 2.24) is 5.43 Å². The highest BCUT2D eigenvalue weighted by Crippen LogP contribution is 2.24. The van der Waals surface area contributed by atoms with Crippen molar-refractivity contribution in [2.45, 2.75) is 0 Å². The van der Waals surface area contributed by atoms with Crippen LogP contribution in [0.4, 0.5) is 0 Å². The Bertz CT molecular complexity index is 606. The van der Waals surface area contributed by atoms with Gasteiger partial charge in [-0.1, -0.05) is 0 Å². The summed E-state index contributed by atoms with van der Waals surface area (Å²) in [5.41, 5.74) is 2.76. The summed E-state index contributed by atoms with van der Waals surface area (Å²) < 4.78 is 15.3. The number of methoxy groups -OCH3 is 2. The average Bonchev–Trinajstić information content (AvgIpc) is 2.99. The zero-order valence-corrected chi connectivity index (χ0v) is 11.1. The molecule has 2 rings (SSSR count). The highest BCUT2D eigenvalue weighted by molar-refractivity contribution is 5.97. The molecule has 0 spiro atoms. The number of amides is 1. The summed E-state index contributed by atoms with van der Waals surface area (Å²) in [5, 5.41) is 3.80. The summed E-state index contributed by atoms with van der Waals surface area (Å²) in [6.07, 6.45) is 2.93. The van der Waals surface area contributed by atoms with E-state index in [1.807, 2.05) is 0 Å². The zero-order chi connectivity index (χ0) is 14.4. The Labute approximate surface area is 116 Å². The Kier molecular flexibility index (Phi) is 4.39. The van der Waals surface area contributed by atoms with Crippen LogP contribution in [0, 0.1) is 0 Å². The van der Waals surface area contributed by atoms with E-state index in [2.05, 4.69) is 10.5 Å².